The number of amides is 1. The van der Waals surface area contributed by atoms with Crippen molar-refractivity contribution >= 4 is 27.3 Å². The average molecular weight is 347 g/mol. The maximum atomic E-state index is 12.4. The number of rotatable bonds is 5. The lowest BCUT2D eigenvalue weighted by Gasteiger charge is -2.14. The van der Waals surface area contributed by atoms with Gasteiger partial charge in [0.25, 0.3) is 5.91 Å². The maximum absolute atomic E-state index is 12.4. The Morgan fingerprint density at radius 2 is 1.62 bits per heavy atom. The molecule has 2 aromatic carbocycles. The van der Waals surface area contributed by atoms with E-state index < -0.39 is 10.0 Å². The van der Waals surface area contributed by atoms with Gasteiger partial charge in [-0.3, -0.25) is 4.79 Å². The van der Waals surface area contributed by atoms with Gasteiger partial charge in [-0.1, -0.05) is 12.1 Å². The molecule has 0 saturated carbocycles. The van der Waals surface area contributed by atoms with Crippen LogP contribution in [0.5, 0.6) is 0 Å². The highest BCUT2D eigenvalue weighted by Gasteiger charge is 2.17. The van der Waals surface area contributed by atoms with E-state index in [1.165, 1.54) is 26.2 Å². The number of carbonyl (C=O) groups is 1. The van der Waals surface area contributed by atoms with Crippen molar-refractivity contribution in [2.75, 3.05) is 38.4 Å². The summed E-state index contributed by atoms with van der Waals surface area (Å²) in [7, 11) is 3.18. The van der Waals surface area contributed by atoms with Gasteiger partial charge in [-0.2, -0.15) is 0 Å². The number of nitrogens with zero attached hydrogens (tertiary/aromatic N) is 2. The molecular formula is C17H21N3O3S. The highest BCUT2D eigenvalue weighted by Crippen LogP contribution is 2.19. The van der Waals surface area contributed by atoms with Gasteiger partial charge in [-0.15, -0.1) is 0 Å². The Bertz CT molecular complexity index is 846. The lowest BCUT2D eigenvalue weighted by Crippen LogP contribution is -2.22. The molecule has 0 aliphatic heterocycles. The molecule has 0 aliphatic rings. The van der Waals surface area contributed by atoms with Gasteiger partial charge in [0.2, 0.25) is 10.0 Å². The second kappa shape index (κ2) is 7.02. The fourth-order valence-corrected chi connectivity index (χ4v) is 3.02. The SMILES string of the molecule is CN(C)c1cccc(C(=O)Nc2cccc(S(=O)(=O)N(C)C)c2)c1. The van der Waals surface area contributed by atoms with Gasteiger partial charge in [0.05, 0.1) is 4.90 Å². The van der Waals surface area contributed by atoms with Crippen LogP contribution in [0.1, 0.15) is 10.4 Å². The Balaban J connectivity index is 2.26. The van der Waals surface area contributed by atoms with Crippen molar-refractivity contribution in [3.05, 3.63) is 54.1 Å². The van der Waals surface area contributed by atoms with Crippen LogP contribution in [0, 0.1) is 0 Å². The molecule has 0 unspecified atom stereocenters. The van der Waals surface area contributed by atoms with Crippen molar-refractivity contribution in [2.45, 2.75) is 4.90 Å². The normalized spacial score (nSPS) is 11.4. The molecule has 0 bridgehead atoms. The first-order valence-electron chi connectivity index (χ1n) is 7.33. The Kier molecular flexibility index (Phi) is 5.26. The molecule has 6 nitrogen and oxygen atoms in total. The largest absolute Gasteiger partial charge is 0.378 e. The van der Waals surface area contributed by atoms with Crippen molar-refractivity contribution in [1.82, 2.24) is 4.31 Å². The van der Waals surface area contributed by atoms with Crippen molar-refractivity contribution < 1.29 is 13.2 Å². The summed E-state index contributed by atoms with van der Waals surface area (Å²) in [5.74, 6) is -0.293. The van der Waals surface area contributed by atoms with E-state index in [9.17, 15) is 13.2 Å². The summed E-state index contributed by atoms with van der Waals surface area (Å²) in [5, 5.41) is 2.74. The Morgan fingerprint density at radius 1 is 0.958 bits per heavy atom. The molecule has 0 radical (unpaired) electrons. The third-order valence-electron chi connectivity index (χ3n) is 3.50. The first-order valence-corrected chi connectivity index (χ1v) is 8.77. The number of nitrogens with one attached hydrogen (secondary N) is 1. The highest BCUT2D eigenvalue weighted by molar-refractivity contribution is 7.89. The fraction of sp³-hybridized carbons (Fsp3) is 0.235. The molecule has 0 saturated heterocycles. The first kappa shape index (κ1) is 18.0. The zero-order valence-electron chi connectivity index (χ0n) is 14.1. The quantitative estimate of drug-likeness (QED) is 0.901. The minimum atomic E-state index is -3.54. The van der Waals surface area contributed by atoms with Crippen molar-refractivity contribution in [1.29, 1.82) is 0 Å². The number of hydrogen-bond acceptors (Lipinski definition) is 4. The molecule has 1 N–H and O–H groups in total. The molecule has 128 valence electrons. The third kappa shape index (κ3) is 3.93. The highest BCUT2D eigenvalue weighted by atomic mass is 32.2. The number of carbonyl (C=O) groups excluding carboxylic acids is 1. The molecule has 2 rings (SSSR count). The van der Waals surface area contributed by atoms with Gasteiger partial charge in [0.15, 0.2) is 0 Å². The first-order chi connectivity index (χ1) is 11.2. The summed E-state index contributed by atoms with van der Waals surface area (Å²) in [4.78, 5) is 14.4. The van der Waals surface area contributed by atoms with Gasteiger partial charge >= 0.3 is 0 Å². The standard InChI is InChI=1S/C17H21N3O3S/c1-19(2)15-9-5-7-13(11-15)17(21)18-14-8-6-10-16(12-14)24(22,23)20(3)4/h5-12H,1-4H3,(H,18,21). The molecule has 0 spiro atoms. The smallest absolute Gasteiger partial charge is 0.255 e. The number of sulfonamides is 1. The topological polar surface area (TPSA) is 69.7 Å². The van der Waals surface area contributed by atoms with Crippen LogP contribution in [0.3, 0.4) is 0 Å². The van der Waals surface area contributed by atoms with E-state index in [2.05, 4.69) is 5.32 Å². The second-order valence-corrected chi connectivity index (χ2v) is 7.87. The van der Waals surface area contributed by atoms with Crippen LogP contribution in [0.15, 0.2) is 53.4 Å². The zero-order chi connectivity index (χ0) is 17.9. The predicted molar refractivity (Wildman–Crippen MR) is 96.0 cm³/mol. The summed E-state index contributed by atoms with van der Waals surface area (Å²) in [6.45, 7) is 0. The van der Waals surface area contributed by atoms with Crippen LogP contribution in [-0.4, -0.2) is 46.8 Å². The van der Waals surface area contributed by atoms with Crippen molar-refractivity contribution in [2.24, 2.45) is 0 Å². The molecule has 1 amide bonds. The molecule has 0 heterocycles. The Labute approximate surface area is 142 Å². The lowest BCUT2D eigenvalue weighted by atomic mass is 10.1. The van der Waals surface area contributed by atoms with Crippen molar-refractivity contribution in [3.63, 3.8) is 0 Å². The van der Waals surface area contributed by atoms with E-state index >= 15 is 0 Å². The van der Waals surface area contributed by atoms with Gasteiger partial charge in [-0.25, -0.2) is 12.7 Å². The van der Waals surface area contributed by atoms with Crippen LogP contribution in [0.25, 0.3) is 0 Å². The molecular weight excluding hydrogens is 326 g/mol. The van der Waals surface area contributed by atoms with Crippen LogP contribution >= 0.6 is 0 Å². The molecule has 0 aliphatic carbocycles. The van der Waals surface area contributed by atoms with E-state index in [1.54, 1.807) is 30.3 Å². The zero-order valence-corrected chi connectivity index (χ0v) is 15.0. The van der Waals surface area contributed by atoms with Crippen LogP contribution in [-0.2, 0) is 10.0 Å². The minimum absolute atomic E-state index is 0.132. The summed E-state index contributed by atoms with van der Waals surface area (Å²) >= 11 is 0. The monoisotopic (exact) mass is 347 g/mol. The van der Waals surface area contributed by atoms with Crippen molar-refractivity contribution in [3.8, 4) is 0 Å². The minimum Gasteiger partial charge on any atom is -0.378 e. The Hall–Kier alpha value is -2.38. The number of benzene rings is 2. The van der Waals surface area contributed by atoms with Gasteiger partial charge in [0.1, 0.15) is 0 Å². The van der Waals surface area contributed by atoms with Gasteiger partial charge < -0.3 is 10.2 Å². The van der Waals surface area contributed by atoms with E-state index in [1.807, 2.05) is 25.1 Å². The molecule has 0 atom stereocenters. The van der Waals surface area contributed by atoms with Gasteiger partial charge in [-0.05, 0) is 36.4 Å². The van der Waals surface area contributed by atoms with E-state index in [0.29, 0.717) is 11.3 Å². The maximum Gasteiger partial charge on any atom is 0.255 e. The van der Waals surface area contributed by atoms with E-state index in [-0.39, 0.29) is 10.8 Å². The summed E-state index contributed by atoms with van der Waals surface area (Å²) in [5.41, 5.74) is 1.84. The second-order valence-electron chi connectivity index (χ2n) is 5.71. The van der Waals surface area contributed by atoms with E-state index in [0.717, 1.165) is 9.99 Å². The lowest BCUT2D eigenvalue weighted by molar-refractivity contribution is 0.102. The summed E-state index contributed by atoms with van der Waals surface area (Å²) < 4.78 is 25.5. The van der Waals surface area contributed by atoms with Gasteiger partial charge in [0, 0.05) is 45.1 Å². The average Bonchev–Trinajstić information content (AvgIpc) is 2.55. The molecule has 24 heavy (non-hydrogen) atoms. The molecule has 0 aromatic heterocycles. The van der Waals surface area contributed by atoms with Crippen LogP contribution < -0.4 is 10.2 Å². The molecule has 2 aromatic rings. The fourth-order valence-electron chi connectivity index (χ4n) is 2.07. The number of anilines is 2. The van der Waals surface area contributed by atoms with E-state index in [4.69, 9.17) is 0 Å². The molecule has 0 fully saturated rings. The summed E-state index contributed by atoms with van der Waals surface area (Å²) in [6.07, 6.45) is 0. The van der Waals surface area contributed by atoms with Crippen LogP contribution in [0.4, 0.5) is 11.4 Å². The third-order valence-corrected chi connectivity index (χ3v) is 5.31. The number of hydrogen-bond donors (Lipinski definition) is 1. The summed E-state index contributed by atoms with van der Waals surface area (Å²) in [6, 6.07) is 13.4. The molecule has 7 heteroatoms. The van der Waals surface area contributed by atoms with Crippen LogP contribution in [0.2, 0.25) is 0 Å². The Morgan fingerprint density at radius 3 is 2.25 bits per heavy atom. The predicted octanol–water partition coefficient (Wildman–Crippen LogP) is 2.26.